The molecule has 5 heteroatoms. The molecule has 3 rings (SSSR count). The van der Waals surface area contributed by atoms with Gasteiger partial charge in [0, 0.05) is 30.9 Å². The average molecular weight is 261 g/mol. The highest BCUT2D eigenvalue weighted by molar-refractivity contribution is 5.73. The maximum atomic E-state index is 11.6. The number of carboxylic acids is 1. The summed E-state index contributed by atoms with van der Waals surface area (Å²) in [5.74, 6) is -0.284. The molecule has 0 amide bonds. The Morgan fingerprint density at radius 2 is 1.95 bits per heavy atom. The SMILES string of the molecule is O=C(O)[C@H]1CN(c2ncccn2)CC12CCCCC2. The number of carbonyl (C=O) groups is 1. The third kappa shape index (κ3) is 2.17. The van der Waals surface area contributed by atoms with Crippen LogP contribution in [0.2, 0.25) is 0 Å². The molecule has 19 heavy (non-hydrogen) atoms. The van der Waals surface area contributed by atoms with Crippen LogP contribution < -0.4 is 4.90 Å². The molecule has 0 aromatic carbocycles. The molecule has 1 N–H and O–H groups in total. The lowest BCUT2D eigenvalue weighted by molar-refractivity contribution is -0.145. The zero-order valence-electron chi connectivity index (χ0n) is 11.0. The highest BCUT2D eigenvalue weighted by Gasteiger charge is 2.50. The van der Waals surface area contributed by atoms with Gasteiger partial charge in [0.2, 0.25) is 5.95 Å². The van der Waals surface area contributed by atoms with Crippen LogP contribution in [-0.2, 0) is 4.79 Å². The number of hydrogen-bond donors (Lipinski definition) is 1. The van der Waals surface area contributed by atoms with E-state index < -0.39 is 5.97 Å². The van der Waals surface area contributed by atoms with Crippen molar-refractivity contribution in [2.45, 2.75) is 32.1 Å². The molecular weight excluding hydrogens is 242 g/mol. The Bertz CT molecular complexity index is 457. The van der Waals surface area contributed by atoms with Crippen molar-refractivity contribution < 1.29 is 9.90 Å². The predicted molar refractivity (Wildman–Crippen MR) is 70.9 cm³/mol. The predicted octanol–water partition coefficient (Wildman–Crippen LogP) is 1.95. The minimum Gasteiger partial charge on any atom is -0.481 e. The van der Waals surface area contributed by atoms with Crippen molar-refractivity contribution in [3.8, 4) is 0 Å². The van der Waals surface area contributed by atoms with Gasteiger partial charge in [-0.15, -0.1) is 0 Å². The van der Waals surface area contributed by atoms with E-state index in [2.05, 4.69) is 9.97 Å². The number of carboxylic acid groups (broad SMARTS) is 1. The lowest BCUT2D eigenvalue weighted by atomic mass is 9.68. The maximum Gasteiger partial charge on any atom is 0.308 e. The Kier molecular flexibility index (Phi) is 3.12. The highest BCUT2D eigenvalue weighted by Crippen LogP contribution is 2.48. The molecule has 1 saturated carbocycles. The Labute approximate surface area is 112 Å². The number of aliphatic carboxylic acids is 1. The summed E-state index contributed by atoms with van der Waals surface area (Å²) in [4.78, 5) is 22.1. The van der Waals surface area contributed by atoms with Gasteiger partial charge in [-0.3, -0.25) is 4.79 Å². The molecule has 2 heterocycles. The van der Waals surface area contributed by atoms with Crippen LogP contribution in [0.5, 0.6) is 0 Å². The minimum atomic E-state index is -0.666. The van der Waals surface area contributed by atoms with Crippen LogP contribution >= 0.6 is 0 Å². The second-order valence-corrected chi connectivity index (χ2v) is 5.74. The van der Waals surface area contributed by atoms with E-state index in [4.69, 9.17) is 0 Å². The molecule has 0 unspecified atom stereocenters. The molecule has 2 fully saturated rings. The van der Waals surface area contributed by atoms with E-state index in [1.807, 2.05) is 4.90 Å². The largest absolute Gasteiger partial charge is 0.481 e. The molecule has 1 aromatic heterocycles. The zero-order valence-corrected chi connectivity index (χ0v) is 11.0. The second kappa shape index (κ2) is 4.79. The molecule has 1 aliphatic heterocycles. The summed E-state index contributed by atoms with van der Waals surface area (Å²) >= 11 is 0. The van der Waals surface area contributed by atoms with Crippen LogP contribution in [0.1, 0.15) is 32.1 Å². The topological polar surface area (TPSA) is 66.3 Å². The molecule has 1 spiro atoms. The first kappa shape index (κ1) is 12.4. The third-order valence-corrected chi connectivity index (χ3v) is 4.63. The van der Waals surface area contributed by atoms with Gasteiger partial charge in [-0.05, 0) is 18.9 Å². The van der Waals surface area contributed by atoms with Crippen molar-refractivity contribution in [1.82, 2.24) is 9.97 Å². The van der Waals surface area contributed by atoms with Gasteiger partial charge < -0.3 is 10.0 Å². The number of anilines is 1. The van der Waals surface area contributed by atoms with E-state index in [0.29, 0.717) is 12.5 Å². The Hall–Kier alpha value is -1.65. The van der Waals surface area contributed by atoms with Gasteiger partial charge in [-0.25, -0.2) is 9.97 Å². The van der Waals surface area contributed by atoms with Crippen LogP contribution in [-0.4, -0.2) is 34.1 Å². The van der Waals surface area contributed by atoms with Crippen molar-refractivity contribution in [3.63, 3.8) is 0 Å². The molecule has 1 aromatic rings. The van der Waals surface area contributed by atoms with E-state index >= 15 is 0 Å². The smallest absolute Gasteiger partial charge is 0.308 e. The number of rotatable bonds is 2. The van der Waals surface area contributed by atoms with Crippen LogP contribution in [0.25, 0.3) is 0 Å². The average Bonchev–Trinajstić information content (AvgIpc) is 2.80. The van der Waals surface area contributed by atoms with E-state index in [-0.39, 0.29) is 11.3 Å². The summed E-state index contributed by atoms with van der Waals surface area (Å²) in [5.41, 5.74) is -0.0662. The lowest BCUT2D eigenvalue weighted by Crippen LogP contribution is -2.36. The zero-order chi connectivity index (χ0) is 13.3. The monoisotopic (exact) mass is 261 g/mol. The van der Waals surface area contributed by atoms with Gasteiger partial charge in [0.15, 0.2) is 0 Å². The Balaban J connectivity index is 1.86. The van der Waals surface area contributed by atoms with E-state index in [1.165, 1.54) is 6.42 Å². The molecule has 5 nitrogen and oxygen atoms in total. The van der Waals surface area contributed by atoms with Gasteiger partial charge in [-0.1, -0.05) is 19.3 Å². The normalized spacial score (nSPS) is 25.7. The molecule has 2 aliphatic rings. The summed E-state index contributed by atoms with van der Waals surface area (Å²) < 4.78 is 0. The summed E-state index contributed by atoms with van der Waals surface area (Å²) in [6.07, 6.45) is 8.99. The van der Waals surface area contributed by atoms with Gasteiger partial charge in [0.1, 0.15) is 0 Å². The van der Waals surface area contributed by atoms with E-state index in [9.17, 15) is 9.90 Å². The van der Waals surface area contributed by atoms with Crippen molar-refractivity contribution in [3.05, 3.63) is 18.5 Å². The number of aromatic nitrogens is 2. The van der Waals surface area contributed by atoms with Crippen molar-refractivity contribution in [2.24, 2.45) is 11.3 Å². The molecule has 1 atom stereocenters. The van der Waals surface area contributed by atoms with E-state index in [0.717, 1.165) is 32.2 Å². The van der Waals surface area contributed by atoms with Gasteiger partial charge in [0.05, 0.1) is 5.92 Å². The summed E-state index contributed by atoms with van der Waals surface area (Å²) in [5, 5.41) is 9.53. The molecular formula is C14H19N3O2. The fraction of sp³-hybridized carbons (Fsp3) is 0.643. The fourth-order valence-corrected chi connectivity index (χ4v) is 3.68. The molecule has 0 radical (unpaired) electrons. The van der Waals surface area contributed by atoms with Gasteiger partial charge in [0.25, 0.3) is 0 Å². The first-order valence-electron chi connectivity index (χ1n) is 6.96. The van der Waals surface area contributed by atoms with Gasteiger partial charge in [-0.2, -0.15) is 0 Å². The summed E-state index contributed by atoms with van der Waals surface area (Å²) in [6.45, 7) is 1.33. The van der Waals surface area contributed by atoms with Crippen LogP contribution in [0.3, 0.4) is 0 Å². The van der Waals surface area contributed by atoms with Crippen LogP contribution in [0.15, 0.2) is 18.5 Å². The van der Waals surface area contributed by atoms with Gasteiger partial charge >= 0.3 is 5.97 Å². The van der Waals surface area contributed by atoms with Crippen molar-refractivity contribution in [1.29, 1.82) is 0 Å². The third-order valence-electron chi connectivity index (χ3n) is 4.63. The number of hydrogen-bond acceptors (Lipinski definition) is 4. The standard InChI is InChI=1S/C14H19N3O2/c18-12(19)11-9-17(13-15-7-4-8-16-13)10-14(11)5-2-1-3-6-14/h4,7-8,11H,1-3,5-6,9-10H2,(H,18,19)/t11-/m1/s1. The fourth-order valence-electron chi connectivity index (χ4n) is 3.68. The quantitative estimate of drug-likeness (QED) is 0.881. The molecule has 0 bridgehead atoms. The molecule has 1 aliphatic carbocycles. The summed E-state index contributed by atoms with van der Waals surface area (Å²) in [6, 6.07) is 1.78. The van der Waals surface area contributed by atoms with Crippen LogP contribution in [0, 0.1) is 11.3 Å². The first-order valence-corrected chi connectivity index (χ1v) is 6.96. The first-order chi connectivity index (χ1) is 9.21. The summed E-state index contributed by atoms with van der Waals surface area (Å²) in [7, 11) is 0. The lowest BCUT2D eigenvalue weighted by Gasteiger charge is -2.36. The van der Waals surface area contributed by atoms with E-state index in [1.54, 1.807) is 18.5 Å². The minimum absolute atomic E-state index is 0.0662. The number of nitrogens with zero attached hydrogens (tertiary/aromatic N) is 3. The molecule has 1 saturated heterocycles. The molecule has 102 valence electrons. The van der Waals surface area contributed by atoms with Crippen LogP contribution in [0.4, 0.5) is 5.95 Å². The van der Waals surface area contributed by atoms with Crippen molar-refractivity contribution in [2.75, 3.05) is 18.0 Å². The Morgan fingerprint density at radius 3 is 2.58 bits per heavy atom. The van der Waals surface area contributed by atoms with Crippen molar-refractivity contribution >= 4 is 11.9 Å². The highest BCUT2D eigenvalue weighted by atomic mass is 16.4. The Morgan fingerprint density at radius 1 is 1.26 bits per heavy atom. The second-order valence-electron chi connectivity index (χ2n) is 5.74. The maximum absolute atomic E-state index is 11.6.